The van der Waals surface area contributed by atoms with Crippen molar-refractivity contribution in [2.75, 3.05) is 13.2 Å². The van der Waals surface area contributed by atoms with E-state index in [9.17, 15) is 25.0 Å². The average Bonchev–Trinajstić information content (AvgIpc) is 2.68. The van der Waals surface area contributed by atoms with Crippen LogP contribution in [0.2, 0.25) is 0 Å². The third-order valence-electron chi connectivity index (χ3n) is 4.35. The Kier molecular flexibility index (Phi) is 5.50. The Hall–Kier alpha value is -3.53. The van der Waals surface area contributed by atoms with Crippen molar-refractivity contribution < 1.29 is 24.1 Å². The Balaban J connectivity index is 0.000000161. The molecule has 10 heteroatoms. The Bertz CT molecular complexity index is 945. The molecule has 28 heavy (non-hydrogen) atoms. The number of hydrogen-bond donors (Lipinski definition) is 1. The summed E-state index contributed by atoms with van der Waals surface area (Å²) in [4.78, 5) is 31.4. The molecule has 10 nitrogen and oxygen atoms in total. The lowest BCUT2D eigenvalue weighted by molar-refractivity contribution is -0.385. The summed E-state index contributed by atoms with van der Waals surface area (Å²) in [7, 11) is 0. The number of hydrogen-bond acceptors (Lipinski definition) is 8. The molecule has 2 aliphatic rings. The van der Waals surface area contributed by atoms with Crippen LogP contribution in [-0.4, -0.2) is 28.8 Å². The van der Waals surface area contributed by atoms with Crippen molar-refractivity contribution in [2.24, 2.45) is 5.73 Å². The maximum Gasteiger partial charge on any atom is 0.270 e. The molecule has 2 N–H and O–H groups in total. The van der Waals surface area contributed by atoms with E-state index in [-0.39, 0.29) is 29.6 Å². The number of nitrogens with two attached hydrogens (primary N) is 1. The summed E-state index contributed by atoms with van der Waals surface area (Å²) in [5.41, 5.74) is 6.83. The number of nitro benzene ring substituents is 2. The van der Waals surface area contributed by atoms with Gasteiger partial charge in [0.05, 0.1) is 28.6 Å². The van der Waals surface area contributed by atoms with Gasteiger partial charge in [-0.2, -0.15) is 0 Å². The maximum absolute atomic E-state index is 11.4. The second kappa shape index (κ2) is 8.01. The first-order valence-corrected chi connectivity index (χ1v) is 8.48. The van der Waals surface area contributed by atoms with E-state index in [0.29, 0.717) is 36.7 Å². The molecule has 0 aliphatic carbocycles. The molecule has 2 aliphatic heterocycles. The molecule has 0 saturated carbocycles. The predicted molar refractivity (Wildman–Crippen MR) is 97.7 cm³/mol. The van der Waals surface area contributed by atoms with E-state index < -0.39 is 9.85 Å². The summed E-state index contributed by atoms with van der Waals surface area (Å²) in [6.07, 6.45) is 0.988. The Morgan fingerprint density at radius 3 is 2.21 bits per heavy atom. The van der Waals surface area contributed by atoms with E-state index in [1.165, 1.54) is 30.3 Å². The topological polar surface area (TPSA) is 148 Å². The minimum absolute atomic E-state index is 0.0599. The van der Waals surface area contributed by atoms with Gasteiger partial charge in [0, 0.05) is 48.7 Å². The van der Waals surface area contributed by atoms with Gasteiger partial charge in [-0.05, 0) is 12.1 Å². The van der Waals surface area contributed by atoms with E-state index in [0.717, 1.165) is 5.56 Å². The number of nitro groups is 2. The van der Waals surface area contributed by atoms with Crippen LogP contribution >= 0.6 is 0 Å². The largest absolute Gasteiger partial charge is 0.493 e. The van der Waals surface area contributed by atoms with E-state index in [4.69, 9.17) is 15.2 Å². The molecule has 1 unspecified atom stereocenters. The van der Waals surface area contributed by atoms with Crippen molar-refractivity contribution in [3.63, 3.8) is 0 Å². The van der Waals surface area contributed by atoms with E-state index in [2.05, 4.69) is 0 Å². The van der Waals surface area contributed by atoms with Crippen LogP contribution in [0.1, 0.15) is 34.8 Å². The number of non-ortho nitro benzene ring substituents is 2. The van der Waals surface area contributed by atoms with E-state index >= 15 is 0 Å². The van der Waals surface area contributed by atoms with Gasteiger partial charge in [-0.15, -0.1) is 0 Å². The molecule has 0 aromatic heterocycles. The van der Waals surface area contributed by atoms with Crippen LogP contribution in [0.3, 0.4) is 0 Å². The van der Waals surface area contributed by atoms with Crippen molar-refractivity contribution in [3.8, 4) is 11.5 Å². The van der Waals surface area contributed by atoms with Crippen LogP contribution in [0.5, 0.6) is 11.5 Å². The first-order valence-electron chi connectivity index (χ1n) is 8.48. The van der Waals surface area contributed by atoms with Crippen LogP contribution < -0.4 is 15.2 Å². The van der Waals surface area contributed by atoms with Crippen LogP contribution in [0, 0.1) is 20.2 Å². The molecule has 4 rings (SSSR count). The first-order chi connectivity index (χ1) is 13.4. The SMILES string of the molecule is NC1CCOc2ccc([N+](=O)[O-])cc21.O=C1CCOc2ccc([N+](=O)[O-])cc21. The van der Waals surface area contributed by atoms with Gasteiger partial charge in [-0.1, -0.05) is 0 Å². The summed E-state index contributed by atoms with van der Waals surface area (Å²) in [6, 6.07) is 8.42. The van der Waals surface area contributed by atoms with Crippen molar-refractivity contribution in [2.45, 2.75) is 18.9 Å². The van der Waals surface area contributed by atoms with Gasteiger partial charge < -0.3 is 15.2 Å². The highest BCUT2D eigenvalue weighted by Crippen LogP contribution is 2.33. The molecular weight excluding hydrogens is 370 g/mol. The van der Waals surface area contributed by atoms with Gasteiger partial charge in [0.2, 0.25) is 0 Å². The molecule has 0 spiro atoms. The van der Waals surface area contributed by atoms with Crippen LogP contribution in [-0.2, 0) is 0 Å². The Morgan fingerprint density at radius 2 is 1.54 bits per heavy atom. The fourth-order valence-corrected chi connectivity index (χ4v) is 2.89. The second-order valence-corrected chi connectivity index (χ2v) is 6.18. The summed E-state index contributed by atoms with van der Waals surface area (Å²) in [5, 5.41) is 21.0. The fraction of sp³-hybridized carbons (Fsp3) is 0.278. The predicted octanol–water partition coefficient (Wildman–Crippen LogP) is 2.94. The maximum atomic E-state index is 11.4. The summed E-state index contributed by atoms with van der Waals surface area (Å²) in [6.45, 7) is 0.926. The second-order valence-electron chi connectivity index (χ2n) is 6.18. The van der Waals surface area contributed by atoms with Crippen molar-refractivity contribution in [3.05, 3.63) is 67.8 Å². The van der Waals surface area contributed by atoms with Crippen molar-refractivity contribution in [1.82, 2.24) is 0 Å². The molecule has 146 valence electrons. The van der Waals surface area contributed by atoms with Crippen molar-refractivity contribution >= 4 is 17.2 Å². The summed E-state index contributed by atoms with van der Waals surface area (Å²) < 4.78 is 10.5. The number of fused-ring (bicyclic) bond motifs is 2. The molecule has 2 aromatic rings. The molecule has 2 aromatic carbocycles. The van der Waals surface area contributed by atoms with Gasteiger partial charge in [-0.3, -0.25) is 25.0 Å². The molecule has 1 atom stereocenters. The van der Waals surface area contributed by atoms with Crippen LogP contribution in [0.15, 0.2) is 36.4 Å². The zero-order valence-electron chi connectivity index (χ0n) is 14.7. The highest BCUT2D eigenvalue weighted by molar-refractivity contribution is 6.00. The van der Waals surface area contributed by atoms with Crippen LogP contribution in [0.4, 0.5) is 11.4 Å². The standard InChI is InChI=1S/C9H10N2O3.C9H7NO4/c10-8-3-4-14-9-2-1-6(11(12)13)5-7(8)9;11-8-3-4-14-9-2-1-6(10(12)13)5-7(8)9/h1-2,5,8H,3-4,10H2;1-2,5H,3-4H2. The molecular formula is C18H17N3O7. The Labute approximate surface area is 159 Å². The third-order valence-corrected chi connectivity index (χ3v) is 4.35. The van der Waals surface area contributed by atoms with Gasteiger partial charge >= 0.3 is 0 Å². The van der Waals surface area contributed by atoms with Gasteiger partial charge in [0.25, 0.3) is 11.4 Å². The molecule has 2 heterocycles. The zero-order chi connectivity index (χ0) is 20.3. The number of nitrogens with zero attached hydrogens (tertiary/aromatic N) is 2. The van der Waals surface area contributed by atoms with E-state index in [1.54, 1.807) is 6.07 Å². The number of carbonyl (C=O) groups excluding carboxylic acids is 1. The quantitative estimate of drug-likeness (QED) is 0.611. The normalized spacial score (nSPS) is 17.0. The lowest BCUT2D eigenvalue weighted by atomic mass is 10.0. The molecule has 0 radical (unpaired) electrons. The first kappa shape index (κ1) is 19.2. The zero-order valence-corrected chi connectivity index (χ0v) is 14.7. The van der Waals surface area contributed by atoms with Gasteiger partial charge in [0.15, 0.2) is 5.78 Å². The number of Topliss-reactive ketones (excluding diaryl/α,β-unsaturated/α-hetero) is 1. The van der Waals surface area contributed by atoms with E-state index in [1.807, 2.05) is 0 Å². The third kappa shape index (κ3) is 4.07. The van der Waals surface area contributed by atoms with Gasteiger partial charge in [-0.25, -0.2) is 0 Å². The smallest absolute Gasteiger partial charge is 0.270 e. The molecule has 0 fully saturated rings. The average molecular weight is 387 g/mol. The molecule has 0 saturated heterocycles. The van der Waals surface area contributed by atoms with Crippen LogP contribution in [0.25, 0.3) is 0 Å². The highest BCUT2D eigenvalue weighted by atomic mass is 16.6. The monoisotopic (exact) mass is 387 g/mol. The molecule has 0 bridgehead atoms. The minimum atomic E-state index is -0.526. The number of ether oxygens (including phenoxy) is 2. The summed E-state index contributed by atoms with van der Waals surface area (Å²) >= 11 is 0. The number of ketones is 1. The highest BCUT2D eigenvalue weighted by Gasteiger charge is 2.22. The molecule has 0 amide bonds. The number of carbonyl (C=O) groups is 1. The summed E-state index contributed by atoms with van der Waals surface area (Å²) in [5.74, 6) is 0.996. The van der Waals surface area contributed by atoms with Gasteiger partial charge in [0.1, 0.15) is 11.5 Å². The fourth-order valence-electron chi connectivity index (χ4n) is 2.89. The number of rotatable bonds is 2. The van der Waals surface area contributed by atoms with Crippen molar-refractivity contribution in [1.29, 1.82) is 0 Å². The minimum Gasteiger partial charge on any atom is -0.493 e. The lowest BCUT2D eigenvalue weighted by Gasteiger charge is -2.22. The lowest BCUT2D eigenvalue weighted by Crippen LogP contribution is -2.20. The Morgan fingerprint density at radius 1 is 0.929 bits per heavy atom. The number of benzene rings is 2.